The molecule has 1 rings (SSSR count). The van der Waals surface area contributed by atoms with Gasteiger partial charge in [0.1, 0.15) is 5.75 Å². The molecule has 0 saturated heterocycles. The number of benzene rings is 1. The molecular formula is C14H20N2O5. The lowest BCUT2D eigenvalue weighted by molar-refractivity contribution is 0.0698. The number of ether oxygens (including phenoxy) is 2. The summed E-state index contributed by atoms with van der Waals surface area (Å²) < 4.78 is 10.2. The molecule has 0 aliphatic heterocycles. The lowest BCUT2D eigenvalue weighted by Gasteiger charge is -2.18. The van der Waals surface area contributed by atoms with Crippen molar-refractivity contribution in [1.82, 2.24) is 4.90 Å². The number of methoxy groups -OCH3 is 1. The zero-order valence-corrected chi connectivity index (χ0v) is 12.4. The lowest BCUT2D eigenvalue weighted by Crippen LogP contribution is -2.34. The number of aromatic carboxylic acids is 1. The van der Waals surface area contributed by atoms with E-state index < -0.39 is 12.0 Å². The third-order valence-electron chi connectivity index (χ3n) is 2.82. The maximum Gasteiger partial charge on any atom is 0.337 e. The first-order valence-corrected chi connectivity index (χ1v) is 6.50. The second-order valence-corrected chi connectivity index (χ2v) is 4.27. The number of carboxylic acid groups (broad SMARTS) is 1. The number of hydrogen-bond donors (Lipinski definition) is 2. The number of nitrogens with zero attached hydrogens (tertiary/aromatic N) is 1. The monoisotopic (exact) mass is 296 g/mol. The highest BCUT2D eigenvalue weighted by atomic mass is 16.5. The Hall–Kier alpha value is -2.28. The van der Waals surface area contributed by atoms with Gasteiger partial charge in [-0.05, 0) is 19.1 Å². The standard InChI is InChI=1S/C14H20N2O5/c1-4-21-8-7-16(2)14(19)15-12-9-10(20-3)5-6-11(12)13(17)18/h5-6,9H,4,7-8H2,1-3H3,(H,15,19)(H,17,18). The van der Waals surface area contributed by atoms with Gasteiger partial charge in [0.05, 0.1) is 25.0 Å². The van der Waals surface area contributed by atoms with Crippen LogP contribution in [0.2, 0.25) is 0 Å². The van der Waals surface area contributed by atoms with Crippen LogP contribution in [-0.2, 0) is 4.74 Å². The summed E-state index contributed by atoms with van der Waals surface area (Å²) in [5.41, 5.74) is 0.192. The predicted molar refractivity (Wildman–Crippen MR) is 78.1 cm³/mol. The fourth-order valence-electron chi connectivity index (χ4n) is 1.60. The van der Waals surface area contributed by atoms with Crippen LogP contribution in [0.15, 0.2) is 18.2 Å². The summed E-state index contributed by atoms with van der Waals surface area (Å²) in [6.07, 6.45) is 0. The van der Waals surface area contributed by atoms with E-state index in [1.54, 1.807) is 7.05 Å². The number of carboxylic acids is 1. The number of amides is 2. The summed E-state index contributed by atoms with van der Waals surface area (Å²) in [6.45, 7) is 3.28. The Bertz CT molecular complexity index is 504. The maximum absolute atomic E-state index is 12.0. The third kappa shape index (κ3) is 4.96. The van der Waals surface area contributed by atoms with E-state index >= 15 is 0 Å². The number of rotatable bonds is 7. The highest BCUT2D eigenvalue weighted by Gasteiger charge is 2.15. The SMILES string of the molecule is CCOCCN(C)C(=O)Nc1cc(OC)ccc1C(=O)O. The van der Waals surface area contributed by atoms with Gasteiger partial charge in [-0.15, -0.1) is 0 Å². The molecular weight excluding hydrogens is 276 g/mol. The van der Waals surface area contributed by atoms with E-state index in [2.05, 4.69) is 5.32 Å². The second-order valence-electron chi connectivity index (χ2n) is 4.27. The first kappa shape index (κ1) is 16.8. The van der Waals surface area contributed by atoms with E-state index in [0.717, 1.165) is 0 Å². The van der Waals surface area contributed by atoms with Gasteiger partial charge in [0, 0.05) is 26.3 Å². The Kier molecular flexibility index (Phi) is 6.48. The number of carbonyl (C=O) groups is 2. The molecule has 0 radical (unpaired) electrons. The van der Waals surface area contributed by atoms with Gasteiger partial charge in [0.2, 0.25) is 0 Å². The summed E-state index contributed by atoms with van der Waals surface area (Å²) in [5, 5.41) is 11.7. The Labute approximate surface area is 123 Å². The molecule has 21 heavy (non-hydrogen) atoms. The minimum absolute atomic E-state index is 0.00218. The van der Waals surface area contributed by atoms with Gasteiger partial charge in [-0.2, -0.15) is 0 Å². The van der Waals surface area contributed by atoms with Crippen molar-refractivity contribution in [2.24, 2.45) is 0 Å². The van der Waals surface area contributed by atoms with Crippen LogP contribution in [0, 0.1) is 0 Å². The first-order valence-electron chi connectivity index (χ1n) is 6.50. The molecule has 0 aliphatic carbocycles. The second kappa shape index (κ2) is 8.11. The van der Waals surface area contributed by atoms with E-state index in [-0.39, 0.29) is 11.3 Å². The summed E-state index contributed by atoms with van der Waals surface area (Å²) in [6, 6.07) is 3.97. The summed E-state index contributed by atoms with van der Waals surface area (Å²) in [7, 11) is 3.07. The highest BCUT2D eigenvalue weighted by Crippen LogP contribution is 2.22. The van der Waals surface area contributed by atoms with E-state index in [9.17, 15) is 9.59 Å². The predicted octanol–water partition coefficient (Wildman–Crippen LogP) is 1.89. The van der Waals surface area contributed by atoms with E-state index in [1.165, 1.54) is 30.2 Å². The van der Waals surface area contributed by atoms with Crippen molar-refractivity contribution in [2.45, 2.75) is 6.92 Å². The normalized spacial score (nSPS) is 10.0. The van der Waals surface area contributed by atoms with Gasteiger partial charge in [0.25, 0.3) is 0 Å². The van der Waals surface area contributed by atoms with Crippen LogP contribution < -0.4 is 10.1 Å². The number of urea groups is 1. The van der Waals surface area contributed by atoms with E-state index in [1.807, 2.05) is 6.92 Å². The van der Waals surface area contributed by atoms with Crippen LogP contribution in [0.25, 0.3) is 0 Å². The quantitative estimate of drug-likeness (QED) is 0.750. The fourth-order valence-corrected chi connectivity index (χ4v) is 1.60. The van der Waals surface area contributed by atoms with E-state index in [4.69, 9.17) is 14.6 Å². The summed E-state index contributed by atoms with van der Waals surface area (Å²) in [4.78, 5) is 24.6. The zero-order valence-electron chi connectivity index (χ0n) is 12.4. The molecule has 0 fully saturated rings. The van der Waals surface area contributed by atoms with Crippen molar-refractivity contribution in [2.75, 3.05) is 39.2 Å². The molecule has 7 heteroatoms. The molecule has 116 valence electrons. The third-order valence-corrected chi connectivity index (χ3v) is 2.82. The van der Waals surface area contributed by atoms with Crippen molar-refractivity contribution < 1.29 is 24.2 Å². The number of carbonyl (C=O) groups excluding carboxylic acids is 1. The summed E-state index contributed by atoms with van der Waals surface area (Å²) in [5.74, 6) is -0.655. The summed E-state index contributed by atoms with van der Waals surface area (Å²) >= 11 is 0. The average molecular weight is 296 g/mol. The molecule has 1 aromatic carbocycles. The molecule has 2 N–H and O–H groups in total. The molecule has 7 nitrogen and oxygen atoms in total. The zero-order chi connectivity index (χ0) is 15.8. The van der Waals surface area contributed by atoms with Crippen LogP contribution in [0.5, 0.6) is 5.75 Å². The van der Waals surface area contributed by atoms with Crippen molar-refractivity contribution >= 4 is 17.7 Å². The Morgan fingerprint density at radius 2 is 2.10 bits per heavy atom. The number of likely N-dealkylation sites (N-methyl/N-ethyl adjacent to an activating group) is 1. The molecule has 0 atom stereocenters. The molecule has 0 unspecified atom stereocenters. The van der Waals surface area contributed by atoms with Gasteiger partial charge in [-0.3, -0.25) is 0 Å². The van der Waals surface area contributed by atoms with Crippen molar-refractivity contribution in [3.63, 3.8) is 0 Å². The fraction of sp³-hybridized carbons (Fsp3) is 0.429. The van der Waals surface area contributed by atoms with Crippen LogP contribution >= 0.6 is 0 Å². The molecule has 0 heterocycles. The van der Waals surface area contributed by atoms with E-state index in [0.29, 0.717) is 25.5 Å². The van der Waals surface area contributed by atoms with Crippen molar-refractivity contribution in [1.29, 1.82) is 0 Å². The first-order chi connectivity index (χ1) is 9.99. The molecule has 1 aromatic rings. The van der Waals surface area contributed by atoms with Crippen LogP contribution in [0.1, 0.15) is 17.3 Å². The van der Waals surface area contributed by atoms with Crippen LogP contribution in [0.4, 0.5) is 10.5 Å². The smallest absolute Gasteiger partial charge is 0.337 e. The van der Waals surface area contributed by atoms with Gasteiger partial charge in [-0.25, -0.2) is 9.59 Å². The molecule has 0 bridgehead atoms. The molecule has 0 aliphatic rings. The Morgan fingerprint density at radius 3 is 2.67 bits per heavy atom. The largest absolute Gasteiger partial charge is 0.497 e. The van der Waals surface area contributed by atoms with Crippen molar-refractivity contribution in [3.8, 4) is 5.75 Å². The Morgan fingerprint density at radius 1 is 1.38 bits per heavy atom. The van der Waals surface area contributed by atoms with Gasteiger partial charge in [-0.1, -0.05) is 0 Å². The van der Waals surface area contributed by atoms with Crippen LogP contribution in [0.3, 0.4) is 0 Å². The minimum Gasteiger partial charge on any atom is -0.497 e. The molecule has 0 saturated carbocycles. The lowest BCUT2D eigenvalue weighted by atomic mass is 10.1. The highest BCUT2D eigenvalue weighted by molar-refractivity contribution is 6.00. The number of anilines is 1. The van der Waals surface area contributed by atoms with Crippen LogP contribution in [-0.4, -0.2) is 55.9 Å². The molecule has 2 amide bonds. The average Bonchev–Trinajstić information content (AvgIpc) is 2.46. The van der Waals surface area contributed by atoms with Gasteiger partial charge < -0.3 is 24.8 Å². The maximum atomic E-state index is 12.0. The Balaban J connectivity index is 2.80. The number of nitrogens with one attached hydrogen (secondary N) is 1. The molecule has 0 aromatic heterocycles. The minimum atomic E-state index is -1.12. The van der Waals surface area contributed by atoms with Gasteiger partial charge in [0.15, 0.2) is 0 Å². The van der Waals surface area contributed by atoms with Gasteiger partial charge >= 0.3 is 12.0 Å². The molecule has 0 spiro atoms. The topological polar surface area (TPSA) is 88.1 Å². The van der Waals surface area contributed by atoms with Crippen molar-refractivity contribution in [3.05, 3.63) is 23.8 Å². The number of hydrogen-bond acceptors (Lipinski definition) is 4.